The first kappa shape index (κ1) is 17.7. The molecule has 0 saturated carbocycles. The van der Waals surface area contributed by atoms with Gasteiger partial charge in [-0.15, -0.1) is 0 Å². The van der Waals surface area contributed by atoms with Crippen LogP contribution in [0.2, 0.25) is 0 Å². The first-order valence-corrected chi connectivity index (χ1v) is 8.72. The number of hydrogen-bond acceptors (Lipinski definition) is 6. The molecular weight excluding hydrogens is 356 g/mol. The molecule has 1 N–H and O–H groups in total. The molecule has 6 heteroatoms. The Hall–Kier alpha value is -3.67. The number of hydrogen-bond donors (Lipinski definition) is 1. The van der Waals surface area contributed by atoms with Gasteiger partial charge in [0, 0.05) is 40.7 Å². The SMILES string of the molecule is COc1cc(Nc2ccnc3cc(OC)c(OC)cc23)cc(-c2ccco2)c1. The van der Waals surface area contributed by atoms with Crippen molar-refractivity contribution in [2.24, 2.45) is 0 Å². The van der Waals surface area contributed by atoms with E-state index in [4.69, 9.17) is 18.6 Å². The van der Waals surface area contributed by atoms with Gasteiger partial charge in [0.2, 0.25) is 0 Å². The van der Waals surface area contributed by atoms with Crippen LogP contribution < -0.4 is 19.5 Å². The Balaban J connectivity index is 1.79. The molecule has 0 unspecified atom stereocenters. The van der Waals surface area contributed by atoms with Gasteiger partial charge in [0.15, 0.2) is 11.5 Å². The minimum absolute atomic E-state index is 0.640. The van der Waals surface area contributed by atoms with Crippen molar-refractivity contribution in [3.63, 3.8) is 0 Å². The molecule has 2 heterocycles. The maximum absolute atomic E-state index is 5.53. The molecule has 0 aliphatic rings. The predicted molar refractivity (Wildman–Crippen MR) is 109 cm³/mol. The normalized spacial score (nSPS) is 10.7. The van der Waals surface area contributed by atoms with Gasteiger partial charge in [-0.1, -0.05) is 0 Å². The Labute approximate surface area is 162 Å². The van der Waals surface area contributed by atoms with Crippen molar-refractivity contribution in [1.82, 2.24) is 4.98 Å². The predicted octanol–water partition coefficient (Wildman–Crippen LogP) is 5.26. The molecule has 2 aromatic heterocycles. The lowest BCUT2D eigenvalue weighted by Gasteiger charge is -2.14. The molecule has 0 aliphatic heterocycles. The summed E-state index contributed by atoms with van der Waals surface area (Å²) >= 11 is 0. The van der Waals surface area contributed by atoms with E-state index in [1.54, 1.807) is 33.8 Å². The lowest BCUT2D eigenvalue weighted by atomic mass is 10.1. The first-order chi connectivity index (χ1) is 13.7. The highest BCUT2D eigenvalue weighted by Gasteiger charge is 2.11. The summed E-state index contributed by atoms with van der Waals surface area (Å²) in [6.07, 6.45) is 3.40. The molecule has 28 heavy (non-hydrogen) atoms. The summed E-state index contributed by atoms with van der Waals surface area (Å²) in [4.78, 5) is 4.44. The highest BCUT2D eigenvalue weighted by molar-refractivity contribution is 5.95. The number of methoxy groups -OCH3 is 3. The van der Waals surface area contributed by atoms with Crippen LogP contribution >= 0.6 is 0 Å². The fourth-order valence-electron chi connectivity index (χ4n) is 3.11. The van der Waals surface area contributed by atoms with E-state index in [-0.39, 0.29) is 0 Å². The average molecular weight is 376 g/mol. The maximum Gasteiger partial charge on any atom is 0.162 e. The van der Waals surface area contributed by atoms with Crippen LogP contribution in [0.5, 0.6) is 17.2 Å². The standard InChI is InChI=1S/C22H20N2O4/c1-25-16-10-14(20-5-4-8-28-20)9-15(11-16)24-18-6-7-23-19-13-22(27-3)21(26-2)12-17(18)19/h4-13H,1-3H3,(H,23,24). The monoisotopic (exact) mass is 376 g/mol. The summed E-state index contributed by atoms with van der Waals surface area (Å²) in [5.74, 6) is 2.79. The van der Waals surface area contributed by atoms with Gasteiger partial charge >= 0.3 is 0 Å². The molecule has 2 aromatic carbocycles. The molecular formula is C22H20N2O4. The van der Waals surface area contributed by atoms with Gasteiger partial charge in [-0.25, -0.2) is 0 Å². The molecule has 0 radical (unpaired) electrons. The summed E-state index contributed by atoms with van der Waals surface area (Å²) in [6, 6.07) is 15.3. The van der Waals surface area contributed by atoms with Crippen LogP contribution in [0, 0.1) is 0 Å². The molecule has 4 rings (SSSR count). The van der Waals surface area contributed by atoms with Crippen molar-refractivity contribution < 1.29 is 18.6 Å². The summed E-state index contributed by atoms with van der Waals surface area (Å²) in [7, 11) is 4.87. The molecule has 0 atom stereocenters. The van der Waals surface area contributed by atoms with Crippen LogP contribution in [-0.2, 0) is 0 Å². The molecule has 0 saturated heterocycles. The van der Waals surface area contributed by atoms with Gasteiger partial charge in [-0.05, 0) is 36.4 Å². The number of ether oxygens (including phenoxy) is 3. The van der Waals surface area contributed by atoms with Gasteiger partial charge in [-0.2, -0.15) is 0 Å². The summed E-state index contributed by atoms with van der Waals surface area (Å²) in [5, 5.41) is 4.37. The highest BCUT2D eigenvalue weighted by atomic mass is 16.5. The van der Waals surface area contributed by atoms with E-state index >= 15 is 0 Å². The lowest BCUT2D eigenvalue weighted by Crippen LogP contribution is -1.96. The number of pyridine rings is 1. The van der Waals surface area contributed by atoms with Crippen molar-refractivity contribution in [1.29, 1.82) is 0 Å². The average Bonchev–Trinajstić information content (AvgIpc) is 3.27. The molecule has 0 spiro atoms. The van der Waals surface area contributed by atoms with E-state index < -0.39 is 0 Å². The number of benzene rings is 2. The molecule has 0 amide bonds. The summed E-state index contributed by atoms with van der Waals surface area (Å²) in [6.45, 7) is 0. The topological polar surface area (TPSA) is 65.8 Å². The van der Waals surface area contributed by atoms with Gasteiger partial charge in [0.05, 0.1) is 33.1 Å². The smallest absolute Gasteiger partial charge is 0.162 e. The number of furan rings is 1. The second-order valence-corrected chi connectivity index (χ2v) is 6.14. The molecule has 142 valence electrons. The quantitative estimate of drug-likeness (QED) is 0.495. The van der Waals surface area contributed by atoms with Crippen molar-refractivity contribution in [3.05, 3.63) is 61.0 Å². The molecule has 6 nitrogen and oxygen atoms in total. The van der Waals surface area contributed by atoms with E-state index in [0.717, 1.165) is 39.4 Å². The first-order valence-electron chi connectivity index (χ1n) is 8.72. The Morgan fingerprint density at radius 3 is 2.43 bits per heavy atom. The van der Waals surface area contributed by atoms with Crippen LogP contribution in [0.1, 0.15) is 0 Å². The third-order valence-corrected chi connectivity index (χ3v) is 4.47. The van der Waals surface area contributed by atoms with Crippen LogP contribution in [0.3, 0.4) is 0 Å². The Morgan fingerprint density at radius 1 is 0.893 bits per heavy atom. The number of nitrogens with zero attached hydrogens (tertiary/aromatic N) is 1. The van der Waals surface area contributed by atoms with Gasteiger partial charge < -0.3 is 23.9 Å². The number of fused-ring (bicyclic) bond motifs is 1. The molecule has 0 aliphatic carbocycles. The molecule has 4 aromatic rings. The number of nitrogens with one attached hydrogen (secondary N) is 1. The number of anilines is 2. The largest absolute Gasteiger partial charge is 0.497 e. The van der Waals surface area contributed by atoms with Gasteiger partial charge in [-0.3, -0.25) is 4.98 Å². The van der Waals surface area contributed by atoms with Gasteiger partial charge in [0.1, 0.15) is 11.5 Å². The van der Waals surface area contributed by atoms with Crippen LogP contribution in [0.4, 0.5) is 11.4 Å². The van der Waals surface area contributed by atoms with E-state index in [1.165, 1.54) is 0 Å². The van der Waals surface area contributed by atoms with Crippen LogP contribution in [0.25, 0.3) is 22.2 Å². The second kappa shape index (κ2) is 7.52. The zero-order chi connectivity index (χ0) is 19.5. The van der Waals surface area contributed by atoms with Crippen LogP contribution in [0.15, 0.2) is 65.4 Å². The molecule has 0 bridgehead atoms. The lowest BCUT2D eigenvalue weighted by molar-refractivity contribution is 0.356. The van der Waals surface area contributed by atoms with E-state index in [1.807, 2.05) is 48.5 Å². The number of rotatable bonds is 6. The molecule has 0 fully saturated rings. The fraction of sp³-hybridized carbons (Fsp3) is 0.136. The van der Waals surface area contributed by atoms with E-state index in [2.05, 4.69) is 10.3 Å². The van der Waals surface area contributed by atoms with Crippen molar-refractivity contribution in [2.45, 2.75) is 0 Å². The summed E-state index contributed by atoms with van der Waals surface area (Å²) < 4.78 is 21.8. The van der Waals surface area contributed by atoms with Crippen molar-refractivity contribution in [3.8, 4) is 28.6 Å². The Kier molecular flexibility index (Phi) is 4.76. The second-order valence-electron chi connectivity index (χ2n) is 6.14. The van der Waals surface area contributed by atoms with Crippen molar-refractivity contribution in [2.75, 3.05) is 26.6 Å². The summed E-state index contributed by atoms with van der Waals surface area (Å²) in [5.41, 5.74) is 3.49. The van der Waals surface area contributed by atoms with Crippen molar-refractivity contribution >= 4 is 22.3 Å². The third-order valence-electron chi connectivity index (χ3n) is 4.47. The maximum atomic E-state index is 5.53. The van der Waals surface area contributed by atoms with E-state index in [9.17, 15) is 0 Å². The zero-order valence-electron chi connectivity index (χ0n) is 15.9. The fourth-order valence-corrected chi connectivity index (χ4v) is 3.11. The van der Waals surface area contributed by atoms with Gasteiger partial charge in [0.25, 0.3) is 0 Å². The number of aromatic nitrogens is 1. The minimum Gasteiger partial charge on any atom is -0.497 e. The van der Waals surface area contributed by atoms with E-state index in [0.29, 0.717) is 11.5 Å². The highest BCUT2D eigenvalue weighted by Crippen LogP contribution is 2.36. The van der Waals surface area contributed by atoms with Crippen LogP contribution in [-0.4, -0.2) is 26.3 Å². The third kappa shape index (κ3) is 3.32. The Bertz CT molecular complexity index is 1110. The zero-order valence-corrected chi connectivity index (χ0v) is 15.9. The Morgan fingerprint density at radius 2 is 1.71 bits per heavy atom. The minimum atomic E-state index is 0.640.